The molecule has 3 nitrogen and oxygen atoms in total. The van der Waals surface area contributed by atoms with Crippen molar-refractivity contribution in [1.82, 2.24) is 5.32 Å². The number of ether oxygens (including phenoxy) is 1. The first-order chi connectivity index (χ1) is 9.00. The zero-order valence-corrected chi connectivity index (χ0v) is 12.3. The molecule has 1 aromatic carbocycles. The maximum absolute atomic E-state index is 9.84. The Morgan fingerprint density at radius 1 is 1.42 bits per heavy atom. The van der Waals surface area contributed by atoms with E-state index in [2.05, 4.69) is 32.2 Å². The van der Waals surface area contributed by atoms with Crippen LogP contribution in [0.25, 0.3) is 0 Å². The molecule has 3 atom stereocenters. The van der Waals surface area contributed by atoms with E-state index in [0.717, 1.165) is 18.6 Å². The Hall–Kier alpha value is -1.06. The lowest BCUT2D eigenvalue weighted by atomic mass is 9.64. The first kappa shape index (κ1) is 14.4. The van der Waals surface area contributed by atoms with Crippen LogP contribution in [0, 0.1) is 5.41 Å². The van der Waals surface area contributed by atoms with E-state index >= 15 is 0 Å². The van der Waals surface area contributed by atoms with E-state index in [1.54, 1.807) is 7.11 Å². The number of nitrogens with one attached hydrogen (secondary N) is 1. The second-order valence-electron chi connectivity index (χ2n) is 5.99. The fourth-order valence-electron chi connectivity index (χ4n) is 2.81. The number of hydrogen-bond acceptors (Lipinski definition) is 3. The van der Waals surface area contributed by atoms with Crippen LogP contribution >= 0.6 is 0 Å². The summed E-state index contributed by atoms with van der Waals surface area (Å²) in [5.74, 6) is 0.930. The lowest BCUT2D eigenvalue weighted by Gasteiger charge is -2.51. The van der Waals surface area contributed by atoms with Gasteiger partial charge in [0.2, 0.25) is 0 Å². The summed E-state index contributed by atoms with van der Waals surface area (Å²) >= 11 is 0. The average Bonchev–Trinajstić information content (AvgIpc) is 2.43. The highest BCUT2D eigenvalue weighted by atomic mass is 16.5. The summed E-state index contributed by atoms with van der Waals surface area (Å²) in [6, 6.07) is 8.78. The summed E-state index contributed by atoms with van der Waals surface area (Å²) in [7, 11) is 1.71. The van der Waals surface area contributed by atoms with Crippen LogP contribution in [0.2, 0.25) is 0 Å². The van der Waals surface area contributed by atoms with Gasteiger partial charge in [0.05, 0.1) is 13.2 Å². The third kappa shape index (κ3) is 2.63. The Morgan fingerprint density at radius 2 is 2.11 bits per heavy atom. The van der Waals surface area contributed by atoms with Gasteiger partial charge in [-0.2, -0.15) is 0 Å². The van der Waals surface area contributed by atoms with Gasteiger partial charge in [-0.1, -0.05) is 39.0 Å². The van der Waals surface area contributed by atoms with Crippen LogP contribution in [-0.2, 0) is 0 Å². The molecule has 0 radical (unpaired) electrons. The largest absolute Gasteiger partial charge is 0.496 e. The number of para-hydroxylation sites is 1. The molecule has 3 unspecified atom stereocenters. The van der Waals surface area contributed by atoms with Crippen molar-refractivity contribution in [2.75, 3.05) is 7.11 Å². The SMILES string of the molecule is CCC(NC1CC(O)C1(C)C)c1ccccc1OC. The molecule has 0 heterocycles. The molecule has 2 rings (SSSR count). The molecule has 1 aliphatic carbocycles. The zero-order valence-electron chi connectivity index (χ0n) is 12.3. The molecule has 0 bridgehead atoms. The van der Waals surface area contributed by atoms with Crippen molar-refractivity contribution in [1.29, 1.82) is 0 Å². The van der Waals surface area contributed by atoms with Gasteiger partial charge in [-0.05, 0) is 18.9 Å². The molecular weight excluding hydrogens is 238 g/mol. The van der Waals surface area contributed by atoms with Crippen molar-refractivity contribution in [2.45, 2.75) is 51.8 Å². The predicted octanol–water partition coefficient (Wildman–Crippen LogP) is 2.90. The lowest BCUT2D eigenvalue weighted by Crippen LogP contribution is -2.60. The second kappa shape index (κ2) is 5.51. The van der Waals surface area contributed by atoms with Gasteiger partial charge >= 0.3 is 0 Å². The average molecular weight is 263 g/mol. The molecule has 0 spiro atoms. The minimum atomic E-state index is -0.194. The highest BCUT2D eigenvalue weighted by Gasteiger charge is 2.47. The Morgan fingerprint density at radius 3 is 2.63 bits per heavy atom. The normalized spacial score (nSPS) is 26.6. The van der Waals surface area contributed by atoms with Crippen LogP contribution < -0.4 is 10.1 Å². The lowest BCUT2D eigenvalue weighted by molar-refractivity contribution is -0.0762. The van der Waals surface area contributed by atoms with Crippen LogP contribution in [0.1, 0.15) is 45.2 Å². The molecule has 0 saturated heterocycles. The van der Waals surface area contributed by atoms with Crippen LogP contribution in [0.3, 0.4) is 0 Å². The Bertz CT molecular complexity index is 431. The minimum Gasteiger partial charge on any atom is -0.496 e. The third-order valence-corrected chi connectivity index (χ3v) is 4.54. The van der Waals surface area contributed by atoms with E-state index in [-0.39, 0.29) is 17.6 Å². The molecule has 0 aliphatic heterocycles. The Balaban J connectivity index is 2.13. The molecule has 1 aliphatic rings. The van der Waals surface area contributed by atoms with E-state index in [4.69, 9.17) is 4.74 Å². The predicted molar refractivity (Wildman–Crippen MR) is 77.4 cm³/mol. The van der Waals surface area contributed by atoms with Crippen molar-refractivity contribution < 1.29 is 9.84 Å². The van der Waals surface area contributed by atoms with E-state index in [1.807, 2.05) is 18.2 Å². The summed E-state index contributed by atoms with van der Waals surface area (Å²) in [6.07, 6.45) is 1.64. The smallest absolute Gasteiger partial charge is 0.123 e. The number of methoxy groups -OCH3 is 1. The quantitative estimate of drug-likeness (QED) is 0.858. The Kier molecular flexibility index (Phi) is 4.16. The van der Waals surface area contributed by atoms with Gasteiger partial charge in [0.25, 0.3) is 0 Å². The van der Waals surface area contributed by atoms with Crippen LogP contribution in [0.15, 0.2) is 24.3 Å². The minimum absolute atomic E-state index is 0.0462. The second-order valence-corrected chi connectivity index (χ2v) is 5.99. The van der Waals surface area contributed by atoms with Crippen LogP contribution in [0.4, 0.5) is 0 Å². The molecule has 106 valence electrons. The third-order valence-electron chi connectivity index (χ3n) is 4.54. The van der Waals surface area contributed by atoms with E-state index in [0.29, 0.717) is 6.04 Å². The van der Waals surface area contributed by atoms with E-state index in [9.17, 15) is 5.11 Å². The van der Waals surface area contributed by atoms with E-state index < -0.39 is 0 Å². The molecule has 1 fully saturated rings. The van der Waals surface area contributed by atoms with Gasteiger partial charge < -0.3 is 15.2 Å². The monoisotopic (exact) mass is 263 g/mol. The van der Waals surface area contributed by atoms with Gasteiger partial charge in [0, 0.05) is 23.1 Å². The summed E-state index contributed by atoms with van der Waals surface area (Å²) in [5, 5.41) is 13.5. The number of hydrogen-bond donors (Lipinski definition) is 2. The molecule has 2 N–H and O–H groups in total. The number of benzene rings is 1. The number of aliphatic hydroxyl groups is 1. The first-order valence-corrected chi connectivity index (χ1v) is 7.07. The first-order valence-electron chi connectivity index (χ1n) is 7.07. The standard InChI is InChI=1S/C16H25NO2/c1-5-12(11-8-6-7-9-13(11)19-4)17-14-10-15(18)16(14,2)3/h6-9,12,14-15,17-18H,5,10H2,1-4H3. The zero-order chi connectivity index (χ0) is 14.0. The highest BCUT2D eigenvalue weighted by molar-refractivity contribution is 5.36. The number of aliphatic hydroxyl groups excluding tert-OH is 1. The summed E-state index contributed by atoms with van der Waals surface area (Å²) in [4.78, 5) is 0. The molecule has 1 saturated carbocycles. The molecule has 1 aromatic rings. The van der Waals surface area contributed by atoms with Crippen LogP contribution in [-0.4, -0.2) is 24.4 Å². The molecule has 19 heavy (non-hydrogen) atoms. The van der Waals surface area contributed by atoms with Crippen molar-refractivity contribution in [3.63, 3.8) is 0 Å². The maximum atomic E-state index is 9.84. The topological polar surface area (TPSA) is 41.5 Å². The summed E-state index contributed by atoms with van der Waals surface area (Å²) < 4.78 is 5.45. The summed E-state index contributed by atoms with van der Waals surface area (Å²) in [6.45, 7) is 6.41. The molecular formula is C16H25NO2. The highest BCUT2D eigenvalue weighted by Crippen LogP contribution is 2.42. The maximum Gasteiger partial charge on any atom is 0.123 e. The van der Waals surface area contributed by atoms with Crippen molar-refractivity contribution >= 4 is 0 Å². The van der Waals surface area contributed by atoms with Gasteiger partial charge in [0.15, 0.2) is 0 Å². The molecule has 3 heteroatoms. The van der Waals surface area contributed by atoms with Crippen molar-refractivity contribution in [3.05, 3.63) is 29.8 Å². The van der Waals surface area contributed by atoms with Crippen LogP contribution in [0.5, 0.6) is 5.75 Å². The van der Waals surface area contributed by atoms with Gasteiger partial charge in [-0.15, -0.1) is 0 Å². The van der Waals surface area contributed by atoms with Gasteiger partial charge in [-0.25, -0.2) is 0 Å². The van der Waals surface area contributed by atoms with Crippen molar-refractivity contribution in [3.8, 4) is 5.75 Å². The summed E-state index contributed by atoms with van der Waals surface area (Å²) in [5.41, 5.74) is 1.15. The fraction of sp³-hybridized carbons (Fsp3) is 0.625. The van der Waals surface area contributed by atoms with Crippen molar-refractivity contribution in [2.24, 2.45) is 5.41 Å². The molecule has 0 amide bonds. The van der Waals surface area contributed by atoms with Gasteiger partial charge in [-0.3, -0.25) is 0 Å². The fourth-order valence-corrected chi connectivity index (χ4v) is 2.81. The number of rotatable bonds is 5. The molecule has 0 aromatic heterocycles. The van der Waals surface area contributed by atoms with E-state index in [1.165, 1.54) is 5.56 Å². The Labute approximate surface area is 116 Å². The van der Waals surface area contributed by atoms with Gasteiger partial charge in [0.1, 0.15) is 5.75 Å².